The van der Waals surface area contributed by atoms with Crippen LogP contribution in [0.1, 0.15) is 40.5 Å². The lowest BCUT2D eigenvalue weighted by molar-refractivity contribution is -0.118. The van der Waals surface area contributed by atoms with Gasteiger partial charge >= 0.3 is 0 Å². The van der Waals surface area contributed by atoms with E-state index in [1.165, 1.54) is 18.6 Å². The molecule has 1 aliphatic rings. The highest BCUT2D eigenvalue weighted by atomic mass is 16.3. The van der Waals surface area contributed by atoms with Gasteiger partial charge in [-0.25, -0.2) is 0 Å². The Morgan fingerprint density at radius 2 is 1.82 bits per heavy atom. The van der Waals surface area contributed by atoms with E-state index in [4.69, 9.17) is 0 Å². The predicted octanol–water partition coefficient (Wildman–Crippen LogP) is 4.03. The smallest absolute Gasteiger partial charge is 0.196 e. The quantitative estimate of drug-likeness (QED) is 0.594. The molecule has 1 aliphatic carbocycles. The molecule has 0 aromatic rings. The van der Waals surface area contributed by atoms with Crippen molar-refractivity contribution in [3.8, 4) is 0 Å². The first-order valence-electron chi connectivity index (χ1n) is 7.14. The molecule has 0 aromatic carbocycles. The van der Waals surface area contributed by atoms with Crippen molar-refractivity contribution in [3.63, 3.8) is 0 Å². The molecule has 4 heteroatoms. The largest absolute Gasteiger partial charge is 0.507 e. The van der Waals surface area contributed by atoms with Crippen molar-refractivity contribution in [1.29, 1.82) is 0 Å². The van der Waals surface area contributed by atoms with Gasteiger partial charge in [0.15, 0.2) is 11.6 Å². The van der Waals surface area contributed by atoms with E-state index in [0.717, 1.165) is 24.5 Å². The fourth-order valence-corrected chi connectivity index (χ4v) is 2.05. The van der Waals surface area contributed by atoms with Crippen molar-refractivity contribution in [1.82, 2.24) is 0 Å². The maximum absolute atomic E-state index is 11.6. The highest BCUT2D eigenvalue weighted by molar-refractivity contribution is 6.25. The molecule has 0 atom stereocenters. The summed E-state index contributed by atoms with van der Waals surface area (Å²) in [4.78, 5) is 23.0. The molecule has 0 unspecified atom stereocenters. The van der Waals surface area contributed by atoms with Crippen molar-refractivity contribution in [2.75, 3.05) is 0 Å². The van der Waals surface area contributed by atoms with Gasteiger partial charge in [0.2, 0.25) is 0 Å². The Morgan fingerprint density at radius 3 is 2.36 bits per heavy atom. The molecule has 2 N–H and O–H groups in total. The zero-order valence-electron chi connectivity index (χ0n) is 13.4. The van der Waals surface area contributed by atoms with Gasteiger partial charge in [0.25, 0.3) is 0 Å². The van der Waals surface area contributed by atoms with Crippen LogP contribution in [0, 0.1) is 0 Å². The number of rotatable bonds is 5. The summed E-state index contributed by atoms with van der Waals surface area (Å²) in [7, 11) is 0. The fraction of sp³-hybridized carbons (Fsp3) is 0.333. The molecule has 0 amide bonds. The van der Waals surface area contributed by atoms with Crippen molar-refractivity contribution in [3.05, 3.63) is 58.1 Å². The van der Waals surface area contributed by atoms with Crippen molar-refractivity contribution in [2.24, 2.45) is 0 Å². The Balaban J connectivity index is 3.03. The zero-order chi connectivity index (χ0) is 16.9. The summed E-state index contributed by atoms with van der Waals surface area (Å²) in [6, 6.07) is 0. The van der Waals surface area contributed by atoms with E-state index in [-0.39, 0.29) is 16.9 Å². The number of allylic oxidation sites excluding steroid dienone is 7. The maximum Gasteiger partial charge on any atom is 0.196 e. The first-order chi connectivity index (χ1) is 10.2. The van der Waals surface area contributed by atoms with E-state index in [2.05, 4.69) is 6.08 Å². The molecule has 0 fully saturated rings. The van der Waals surface area contributed by atoms with Gasteiger partial charge in [-0.2, -0.15) is 0 Å². The normalized spacial score (nSPS) is 17.6. The molecule has 22 heavy (non-hydrogen) atoms. The minimum absolute atomic E-state index is 0.0892. The second kappa shape index (κ2) is 7.59. The second-order valence-corrected chi connectivity index (χ2v) is 5.59. The Hall–Kier alpha value is -2.36. The summed E-state index contributed by atoms with van der Waals surface area (Å²) < 4.78 is 0. The third kappa shape index (κ3) is 4.58. The number of hydrogen-bond acceptors (Lipinski definition) is 4. The monoisotopic (exact) mass is 302 g/mol. The lowest BCUT2D eigenvalue weighted by Gasteiger charge is -2.14. The predicted molar refractivity (Wildman–Crippen MR) is 86.6 cm³/mol. The fourth-order valence-electron chi connectivity index (χ4n) is 2.05. The molecule has 0 saturated heterocycles. The molecule has 0 spiro atoms. The third-order valence-electron chi connectivity index (χ3n) is 3.26. The van der Waals surface area contributed by atoms with Gasteiger partial charge < -0.3 is 10.2 Å². The van der Waals surface area contributed by atoms with Crippen LogP contribution in [0.15, 0.2) is 58.1 Å². The number of hydrogen-bond donors (Lipinski definition) is 2. The van der Waals surface area contributed by atoms with Gasteiger partial charge in [-0.3, -0.25) is 9.59 Å². The maximum atomic E-state index is 11.6. The molecule has 1 rings (SSSR count). The van der Waals surface area contributed by atoms with E-state index < -0.39 is 17.3 Å². The van der Waals surface area contributed by atoms with E-state index in [1.807, 2.05) is 20.8 Å². The van der Waals surface area contributed by atoms with Gasteiger partial charge in [-0.1, -0.05) is 23.3 Å². The number of ketones is 2. The minimum Gasteiger partial charge on any atom is -0.507 e. The Kier molecular flexibility index (Phi) is 6.11. The first kappa shape index (κ1) is 17.7. The van der Waals surface area contributed by atoms with Gasteiger partial charge in [-0.15, -0.1) is 0 Å². The summed E-state index contributed by atoms with van der Waals surface area (Å²) in [5.74, 6) is -2.00. The summed E-state index contributed by atoms with van der Waals surface area (Å²) in [6.07, 6.45) is 8.13. The van der Waals surface area contributed by atoms with Crippen LogP contribution in [0.25, 0.3) is 0 Å². The lowest BCUT2D eigenvalue weighted by atomic mass is 9.94. The summed E-state index contributed by atoms with van der Waals surface area (Å²) >= 11 is 0. The van der Waals surface area contributed by atoms with Gasteiger partial charge in [0.05, 0.1) is 5.57 Å². The zero-order valence-corrected chi connectivity index (χ0v) is 13.4. The molecule has 118 valence electrons. The van der Waals surface area contributed by atoms with E-state index in [1.54, 1.807) is 6.08 Å². The molecule has 4 nitrogen and oxygen atoms in total. The average molecular weight is 302 g/mol. The second-order valence-electron chi connectivity index (χ2n) is 5.59. The number of Topliss-reactive ketones (excluding diaryl/α,β-unsaturated/α-hetero) is 1. The Morgan fingerprint density at radius 1 is 1.18 bits per heavy atom. The van der Waals surface area contributed by atoms with Gasteiger partial charge in [0.1, 0.15) is 17.1 Å². The Labute approximate surface area is 130 Å². The standard InChI is InChI=1S/C18H22O4/c1-11(2)6-5-7-12(3)8-9-14-15(20)10-16(21)17(13(4)19)18(14)22/h6,8-10,20,22H,5,7H2,1-4H3/b12-8+,14-9+. The SMILES string of the molecule is CC(=O)C1=C(O)/C(=C/C=C(\C)CCC=C(C)C)C(O)=CC1=O. The van der Waals surface area contributed by atoms with Crippen LogP contribution in [-0.2, 0) is 9.59 Å². The van der Waals surface area contributed by atoms with E-state index in [9.17, 15) is 19.8 Å². The molecule has 0 bridgehead atoms. The first-order valence-corrected chi connectivity index (χ1v) is 7.14. The van der Waals surface area contributed by atoms with Crippen LogP contribution in [0.5, 0.6) is 0 Å². The van der Waals surface area contributed by atoms with Gasteiger partial charge in [0, 0.05) is 6.08 Å². The number of carbonyl (C=O) groups excluding carboxylic acids is 2. The highest BCUT2D eigenvalue weighted by Gasteiger charge is 2.27. The van der Waals surface area contributed by atoms with Crippen LogP contribution in [0.3, 0.4) is 0 Å². The number of aliphatic hydroxyl groups is 2. The van der Waals surface area contributed by atoms with Crippen molar-refractivity contribution < 1.29 is 19.8 Å². The van der Waals surface area contributed by atoms with Crippen molar-refractivity contribution in [2.45, 2.75) is 40.5 Å². The number of aliphatic hydroxyl groups excluding tert-OH is 2. The third-order valence-corrected chi connectivity index (χ3v) is 3.26. The average Bonchev–Trinajstić information content (AvgIpc) is 2.36. The van der Waals surface area contributed by atoms with Crippen LogP contribution >= 0.6 is 0 Å². The Bertz CT molecular complexity index is 636. The molecule has 0 saturated carbocycles. The van der Waals surface area contributed by atoms with Crippen molar-refractivity contribution >= 4 is 11.6 Å². The molecule has 0 aliphatic heterocycles. The molecule has 0 heterocycles. The topological polar surface area (TPSA) is 74.6 Å². The summed E-state index contributed by atoms with van der Waals surface area (Å²) in [5.41, 5.74) is 2.11. The van der Waals surface area contributed by atoms with Crippen LogP contribution in [0.2, 0.25) is 0 Å². The van der Waals surface area contributed by atoms with E-state index >= 15 is 0 Å². The van der Waals surface area contributed by atoms with Crippen LogP contribution < -0.4 is 0 Å². The minimum atomic E-state index is -0.677. The van der Waals surface area contributed by atoms with Gasteiger partial charge in [-0.05, 0) is 46.6 Å². The van der Waals surface area contributed by atoms with Crippen LogP contribution in [-0.4, -0.2) is 21.8 Å². The molecule has 0 radical (unpaired) electrons. The molecular formula is C18H22O4. The molecular weight excluding hydrogens is 280 g/mol. The summed E-state index contributed by atoms with van der Waals surface area (Å²) in [6.45, 7) is 7.22. The van der Waals surface area contributed by atoms with E-state index in [0.29, 0.717) is 0 Å². The summed E-state index contributed by atoms with van der Waals surface area (Å²) in [5, 5.41) is 19.8. The number of carbonyl (C=O) groups is 2. The van der Waals surface area contributed by atoms with Crippen LogP contribution in [0.4, 0.5) is 0 Å². The highest BCUT2D eigenvalue weighted by Crippen LogP contribution is 2.26. The lowest BCUT2D eigenvalue weighted by Crippen LogP contribution is -2.17. The molecule has 0 aromatic heterocycles.